The standard InChI is InChI=1S/C43H44BrN3O4/c1-30(2)19-22-43(21-8-23-44)35-27-31(3)11-15-36(35)46(24-20-40(49)50)39(43)18-13-32(28-45)12-17-38-42(4,5)41-34-10-7-6-9-33(34)14-16-37(41)47(38)25-26-51-29-48/h6-19,23,27,29H,20-22,24-26H2,1-5H3/p+1/b23-8+. The summed E-state index contributed by atoms with van der Waals surface area (Å²) < 4.78 is 7.31. The number of nitriles is 1. The first-order chi connectivity index (χ1) is 24.5. The third-order valence-corrected chi connectivity index (χ3v) is 10.3. The SMILES string of the molecule is CC(C)=CCC1(C/C=C/Br)\C(=C/C=C(C#N)/C=C/C2=[N+](CCOC=O)c3ccc4ccccc4c3C2(C)C)N(CCC(=O)O)c2ccc(C)cc21. The molecule has 51 heavy (non-hydrogen) atoms. The van der Waals surface area contributed by atoms with Crippen molar-refractivity contribution >= 4 is 56.2 Å². The maximum absolute atomic E-state index is 11.8. The van der Waals surface area contributed by atoms with Gasteiger partial charge in [0.25, 0.3) is 6.47 Å². The normalized spacial score (nSPS) is 18.8. The van der Waals surface area contributed by atoms with Gasteiger partial charge in [0.05, 0.1) is 23.5 Å². The minimum Gasteiger partial charge on any atom is -0.481 e. The number of ether oxygens (including phenoxy) is 1. The maximum Gasteiger partial charge on any atom is 0.305 e. The van der Waals surface area contributed by atoms with Crippen LogP contribution in [0.3, 0.4) is 0 Å². The van der Waals surface area contributed by atoms with Crippen molar-refractivity contribution in [2.24, 2.45) is 0 Å². The molecule has 0 saturated carbocycles. The molecule has 0 spiro atoms. The molecule has 0 saturated heterocycles. The van der Waals surface area contributed by atoms with Crippen molar-refractivity contribution in [3.63, 3.8) is 0 Å². The van der Waals surface area contributed by atoms with Crippen LogP contribution < -0.4 is 4.90 Å². The second kappa shape index (κ2) is 15.9. The van der Waals surface area contributed by atoms with Gasteiger partial charge in [0, 0.05) is 41.1 Å². The number of benzene rings is 3. The van der Waals surface area contributed by atoms with Crippen LogP contribution in [0.15, 0.2) is 113 Å². The van der Waals surface area contributed by atoms with E-state index in [4.69, 9.17) is 4.74 Å². The fourth-order valence-electron chi connectivity index (χ4n) is 7.56. The van der Waals surface area contributed by atoms with Gasteiger partial charge in [-0.1, -0.05) is 75.6 Å². The van der Waals surface area contributed by atoms with Crippen LogP contribution in [0.1, 0.15) is 63.6 Å². The molecule has 0 radical (unpaired) electrons. The molecule has 7 nitrogen and oxygen atoms in total. The van der Waals surface area contributed by atoms with E-state index in [1.807, 2.05) is 41.4 Å². The summed E-state index contributed by atoms with van der Waals surface area (Å²) in [5.41, 5.74) is 8.19. The number of aliphatic carboxylic acids is 1. The van der Waals surface area contributed by atoms with E-state index in [9.17, 15) is 20.0 Å². The Morgan fingerprint density at radius 1 is 1.12 bits per heavy atom. The number of hydrogen-bond acceptors (Lipinski definition) is 5. The van der Waals surface area contributed by atoms with Crippen LogP contribution in [0.25, 0.3) is 10.8 Å². The van der Waals surface area contributed by atoms with E-state index in [0.717, 1.165) is 44.7 Å². The molecule has 0 aromatic heterocycles. The van der Waals surface area contributed by atoms with Gasteiger partial charge >= 0.3 is 5.97 Å². The highest BCUT2D eigenvalue weighted by Crippen LogP contribution is 2.53. The predicted octanol–water partition coefficient (Wildman–Crippen LogP) is 9.48. The molecular weight excluding hydrogens is 702 g/mol. The molecule has 1 N–H and O–H groups in total. The van der Waals surface area contributed by atoms with Crippen LogP contribution in [-0.2, 0) is 25.2 Å². The van der Waals surface area contributed by atoms with Crippen molar-refractivity contribution in [2.75, 3.05) is 24.6 Å². The quantitative estimate of drug-likeness (QED) is 0.0441. The summed E-state index contributed by atoms with van der Waals surface area (Å²) >= 11 is 3.48. The molecule has 262 valence electrons. The first kappa shape index (κ1) is 37.3. The van der Waals surface area contributed by atoms with Crippen molar-refractivity contribution in [1.29, 1.82) is 5.26 Å². The van der Waals surface area contributed by atoms with Crippen LogP contribution in [-0.4, -0.2) is 47.5 Å². The van der Waals surface area contributed by atoms with Crippen LogP contribution in [0.5, 0.6) is 0 Å². The Labute approximate surface area is 309 Å². The fourth-order valence-corrected chi connectivity index (χ4v) is 7.75. The number of carboxylic acids is 1. The smallest absolute Gasteiger partial charge is 0.305 e. The van der Waals surface area contributed by atoms with Crippen molar-refractivity contribution < 1.29 is 24.0 Å². The number of aryl methyl sites for hydroxylation is 1. The van der Waals surface area contributed by atoms with E-state index in [1.165, 1.54) is 11.1 Å². The zero-order chi connectivity index (χ0) is 36.8. The van der Waals surface area contributed by atoms with Gasteiger partial charge in [-0.15, -0.1) is 0 Å². The Hall–Kier alpha value is -5.00. The second-order valence-corrected chi connectivity index (χ2v) is 14.4. The zero-order valence-corrected chi connectivity index (χ0v) is 31.5. The Morgan fingerprint density at radius 3 is 2.61 bits per heavy atom. The van der Waals surface area contributed by atoms with Crippen LogP contribution in [0.4, 0.5) is 11.4 Å². The summed E-state index contributed by atoms with van der Waals surface area (Å²) in [6.45, 7) is 12.1. The van der Waals surface area contributed by atoms with Gasteiger partial charge in [-0.2, -0.15) is 9.84 Å². The number of anilines is 1. The Balaban J connectivity index is 1.65. The third-order valence-electron chi connectivity index (χ3n) is 9.93. The van der Waals surface area contributed by atoms with Crippen molar-refractivity contribution in [1.82, 2.24) is 0 Å². The van der Waals surface area contributed by atoms with E-state index in [-0.39, 0.29) is 13.0 Å². The fraction of sp³-hybridized carbons (Fsp3) is 0.302. The molecule has 2 aliphatic heterocycles. The van der Waals surface area contributed by atoms with Crippen LogP contribution in [0.2, 0.25) is 0 Å². The Kier molecular flexibility index (Phi) is 11.6. The second-order valence-electron chi connectivity index (χ2n) is 13.9. The van der Waals surface area contributed by atoms with Crippen molar-refractivity contribution in [2.45, 2.75) is 64.7 Å². The van der Waals surface area contributed by atoms with Gasteiger partial charge < -0.3 is 14.7 Å². The molecule has 2 heterocycles. The molecule has 1 atom stereocenters. The van der Waals surface area contributed by atoms with Gasteiger partial charge in [0.15, 0.2) is 12.3 Å². The van der Waals surface area contributed by atoms with Gasteiger partial charge in [-0.05, 0) is 99.1 Å². The zero-order valence-electron chi connectivity index (χ0n) is 29.9. The minimum atomic E-state index is -0.866. The number of nitrogens with zero attached hydrogens (tertiary/aromatic N) is 3. The first-order valence-electron chi connectivity index (χ1n) is 17.2. The van der Waals surface area contributed by atoms with Crippen molar-refractivity contribution in [3.05, 3.63) is 130 Å². The summed E-state index contributed by atoms with van der Waals surface area (Å²) in [6.07, 6.45) is 13.4. The van der Waals surface area contributed by atoms with Crippen molar-refractivity contribution in [3.8, 4) is 6.07 Å². The predicted molar refractivity (Wildman–Crippen MR) is 209 cm³/mol. The van der Waals surface area contributed by atoms with Gasteiger partial charge in [-0.25, -0.2) is 0 Å². The number of rotatable bonds is 14. The van der Waals surface area contributed by atoms with E-state index >= 15 is 0 Å². The monoisotopic (exact) mass is 746 g/mol. The highest BCUT2D eigenvalue weighted by Gasteiger charge is 2.47. The highest BCUT2D eigenvalue weighted by atomic mass is 79.9. The lowest BCUT2D eigenvalue weighted by Gasteiger charge is -2.32. The van der Waals surface area contributed by atoms with E-state index in [2.05, 4.69) is 121 Å². The van der Waals surface area contributed by atoms with E-state index < -0.39 is 16.8 Å². The maximum atomic E-state index is 11.8. The molecule has 0 bridgehead atoms. The molecular formula is C43H45BrN3O4+. The average Bonchev–Trinajstić information content (AvgIpc) is 3.49. The molecule has 0 aliphatic carbocycles. The van der Waals surface area contributed by atoms with E-state index in [1.54, 1.807) is 0 Å². The molecule has 2 aliphatic rings. The number of halogens is 1. The van der Waals surface area contributed by atoms with E-state index in [0.29, 0.717) is 38.0 Å². The molecule has 5 rings (SSSR count). The van der Waals surface area contributed by atoms with Crippen LogP contribution >= 0.6 is 15.9 Å². The Morgan fingerprint density at radius 2 is 1.90 bits per heavy atom. The lowest BCUT2D eigenvalue weighted by Crippen LogP contribution is -2.32. The Bertz CT molecular complexity index is 2070. The molecule has 8 heteroatoms. The number of hydrogen-bond donors (Lipinski definition) is 1. The summed E-state index contributed by atoms with van der Waals surface area (Å²) in [7, 11) is 0. The van der Waals surface area contributed by atoms with Gasteiger partial charge in [0.2, 0.25) is 5.69 Å². The minimum absolute atomic E-state index is 0.0291. The van der Waals surface area contributed by atoms with Gasteiger partial charge in [-0.3, -0.25) is 9.59 Å². The van der Waals surface area contributed by atoms with Crippen LogP contribution in [0, 0.1) is 18.3 Å². The molecule has 0 amide bonds. The lowest BCUT2D eigenvalue weighted by molar-refractivity contribution is -0.440. The number of carbonyl (C=O) groups is 2. The number of carbonyl (C=O) groups excluding carboxylic acids is 1. The lowest BCUT2D eigenvalue weighted by atomic mass is 9.73. The number of carboxylic acid groups (broad SMARTS) is 1. The average molecular weight is 748 g/mol. The number of allylic oxidation sites excluding steroid dienone is 9. The highest BCUT2D eigenvalue weighted by molar-refractivity contribution is 9.11. The molecule has 3 aromatic carbocycles. The topological polar surface area (TPSA) is 93.6 Å². The summed E-state index contributed by atoms with van der Waals surface area (Å²) in [5, 5.41) is 22.5. The summed E-state index contributed by atoms with van der Waals surface area (Å²) in [4.78, 5) is 26.9. The summed E-state index contributed by atoms with van der Waals surface area (Å²) in [5.74, 6) is -0.866. The van der Waals surface area contributed by atoms with Gasteiger partial charge in [0.1, 0.15) is 6.61 Å². The first-order valence-corrected chi connectivity index (χ1v) is 18.1. The largest absolute Gasteiger partial charge is 0.481 e. The number of fused-ring (bicyclic) bond motifs is 4. The third kappa shape index (κ3) is 7.55. The molecule has 3 aromatic rings. The molecule has 0 fully saturated rings. The molecule has 1 unspecified atom stereocenters. The summed E-state index contributed by atoms with van der Waals surface area (Å²) in [6, 6.07) is 21.3.